The molecular weight excluding hydrogens is 362 g/mol. The topological polar surface area (TPSA) is 89.5 Å². The first kappa shape index (κ1) is 20.1. The molecule has 1 amide bonds. The minimum atomic E-state index is -3.71. The van der Waals surface area contributed by atoms with Crippen LogP contribution in [0.1, 0.15) is 39.7 Å². The van der Waals surface area contributed by atoms with Crippen LogP contribution in [-0.4, -0.2) is 44.1 Å². The Balaban J connectivity index is 2.22. The van der Waals surface area contributed by atoms with Gasteiger partial charge in [0.25, 0.3) is 0 Å². The molecule has 1 aromatic rings. The highest BCUT2D eigenvalue weighted by atomic mass is 32.2. The molecule has 0 radical (unpaired) electrons. The van der Waals surface area contributed by atoms with Gasteiger partial charge in [-0.3, -0.25) is 9.59 Å². The van der Waals surface area contributed by atoms with Gasteiger partial charge in [0.2, 0.25) is 5.91 Å². The van der Waals surface area contributed by atoms with Gasteiger partial charge in [-0.25, -0.2) is 8.42 Å². The number of sulfone groups is 1. The summed E-state index contributed by atoms with van der Waals surface area (Å²) >= 11 is 1.41. The highest BCUT2D eigenvalue weighted by Crippen LogP contribution is 2.27. The Hall–Kier alpha value is -1.25. The fraction of sp³-hybridized carbons (Fsp3) is 0.647. The zero-order valence-electron chi connectivity index (χ0n) is 14.9. The molecule has 1 aliphatic heterocycles. The number of ether oxygens (including phenoxy) is 1. The van der Waals surface area contributed by atoms with Gasteiger partial charge in [-0.05, 0) is 41.1 Å². The van der Waals surface area contributed by atoms with E-state index in [9.17, 15) is 18.0 Å². The lowest BCUT2D eigenvalue weighted by Gasteiger charge is -2.26. The largest absolute Gasteiger partial charge is 0.368 e. The van der Waals surface area contributed by atoms with E-state index in [-0.39, 0.29) is 30.0 Å². The highest BCUT2D eigenvalue weighted by Gasteiger charge is 2.40. The summed E-state index contributed by atoms with van der Waals surface area (Å²) in [6.45, 7) is 7.30. The van der Waals surface area contributed by atoms with E-state index >= 15 is 0 Å². The molecule has 140 valence electrons. The highest BCUT2D eigenvalue weighted by molar-refractivity contribution is 7.92. The van der Waals surface area contributed by atoms with E-state index in [1.54, 1.807) is 23.8 Å². The smallest absolute Gasteiger partial charge is 0.239 e. The van der Waals surface area contributed by atoms with Gasteiger partial charge in [0, 0.05) is 0 Å². The van der Waals surface area contributed by atoms with Gasteiger partial charge in [-0.2, -0.15) is 11.3 Å². The molecule has 2 heterocycles. The van der Waals surface area contributed by atoms with Gasteiger partial charge < -0.3 is 10.1 Å². The van der Waals surface area contributed by atoms with Gasteiger partial charge >= 0.3 is 0 Å². The predicted octanol–water partition coefficient (Wildman–Crippen LogP) is 1.94. The van der Waals surface area contributed by atoms with Crippen molar-refractivity contribution in [1.82, 2.24) is 5.32 Å². The van der Waals surface area contributed by atoms with Crippen molar-refractivity contribution in [2.75, 3.05) is 6.61 Å². The Morgan fingerprint density at radius 1 is 1.44 bits per heavy atom. The molecule has 25 heavy (non-hydrogen) atoms. The Bertz CT molecular complexity index is 719. The van der Waals surface area contributed by atoms with Crippen LogP contribution in [0.15, 0.2) is 16.8 Å². The number of hydrogen-bond acceptors (Lipinski definition) is 6. The molecule has 1 aromatic heterocycles. The lowest BCUT2D eigenvalue weighted by molar-refractivity contribution is -0.126. The number of thiophene rings is 1. The van der Waals surface area contributed by atoms with E-state index in [4.69, 9.17) is 4.74 Å². The third kappa shape index (κ3) is 5.36. The fourth-order valence-corrected chi connectivity index (χ4v) is 5.52. The van der Waals surface area contributed by atoms with Crippen LogP contribution in [0.3, 0.4) is 0 Å². The molecule has 0 aliphatic carbocycles. The molecule has 8 heteroatoms. The number of carbonyl (C=O) groups excluding carboxylic acids is 2. The summed E-state index contributed by atoms with van der Waals surface area (Å²) in [4.78, 5) is 24.6. The second kappa shape index (κ2) is 7.55. The second-order valence-corrected chi connectivity index (χ2v) is 10.6. The second-order valence-electron chi connectivity index (χ2n) is 7.66. The van der Waals surface area contributed by atoms with E-state index in [1.807, 2.05) is 20.8 Å². The number of nitrogens with one attached hydrogen (secondary N) is 1. The molecular formula is C17H25NO5S2. The Labute approximate surface area is 152 Å². The fourth-order valence-electron chi connectivity index (χ4n) is 2.75. The predicted molar refractivity (Wildman–Crippen MR) is 97.2 cm³/mol. The summed E-state index contributed by atoms with van der Waals surface area (Å²) < 4.78 is 31.0. The SMILES string of the molecule is CC1OCC(=O)C1NC(=O)C(CC(C)(C)C)S(=O)(=O)Cc1ccsc1. The molecule has 0 bridgehead atoms. The van der Waals surface area contributed by atoms with E-state index < -0.39 is 33.1 Å². The Kier molecular flexibility index (Phi) is 6.06. The number of amides is 1. The Morgan fingerprint density at radius 3 is 2.60 bits per heavy atom. The summed E-state index contributed by atoms with van der Waals surface area (Å²) in [5.74, 6) is -1.04. The molecule has 1 fully saturated rings. The zero-order chi connectivity index (χ0) is 18.8. The van der Waals surface area contributed by atoms with E-state index in [1.165, 1.54) is 11.3 Å². The average molecular weight is 388 g/mol. The molecule has 0 spiro atoms. The summed E-state index contributed by atoms with van der Waals surface area (Å²) in [5.41, 5.74) is 0.316. The number of carbonyl (C=O) groups is 2. The quantitative estimate of drug-likeness (QED) is 0.806. The van der Waals surface area contributed by atoms with Gasteiger partial charge in [0.05, 0.1) is 11.9 Å². The summed E-state index contributed by atoms with van der Waals surface area (Å²) in [5, 5.41) is 4.97. The van der Waals surface area contributed by atoms with Crippen LogP contribution in [0.5, 0.6) is 0 Å². The molecule has 3 atom stereocenters. The van der Waals surface area contributed by atoms with Crippen LogP contribution in [0.25, 0.3) is 0 Å². The molecule has 3 unspecified atom stereocenters. The summed E-state index contributed by atoms with van der Waals surface area (Å²) in [6, 6.07) is 0.955. The third-order valence-electron chi connectivity index (χ3n) is 4.07. The van der Waals surface area contributed by atoms with Gasteiger partial charge in [-0.1, -0.05) is 20.8 Å². The first-order chi connectivity index (χ1) is 11.5. The van der Waals surface area contributed by atoms with E-state index in [2.05, 4.69) is 5.32 Å². The van der Waals surface area contributed by atoms with Gasteiger partial charge in [0.1, 0.15) is 17.9 Å². The van der Waals surface area contributed by atoms with Crippen LogP contribution < -0.4 is 5.32 Å². The Morgan fingerprint density at radius 2 is 2.12 bits per heavy atom. The van der Waals surface area contributed by atoms with Gasteiger partial charge in [0.15, 0.2) is 15.6 Å². The van der Waals surface area contributed by atoms with Crippen molar-refractivity contribution in [3.05, 3.63) is 22.4 Å². The van der Waals surface area contributed by atoms with Crippen molar-refractivity contribution >= 4 is 32.9 Å². The zero-order valence-corrected chi connectivity index (χ0v) is 16.6. The van der Waals surface area contributed by atoms with Crippen molar-refractivity contribution in [1.29, 1.82) is 0 Å². The lowest BCUT2D eigenvalue weighted by Crippen LogP contribution is -2.50. The van der Waals surface area contributed by atoms with Crippen molar-refractivity contribution in [2.24, 2.45) is 5.41 Å². The van der Waals surface area contributed by atoms with Crippen molar-refractivity contribution in [3.63, 3.8) is 0 Å². The first-order valence-electron chi connectivity index (χ1n) is 8.17. The van der Waals surface area contributed by atoms with Gasteiger partial charge in [-0.15, -0.1) is 0 Å². The molecule has 1 aliphatic rings. The number of hydrogen-bond donors (Lipinski definition) is 1. The first-order valence-corrected chi connectivity index (χ1v) is 10.8. The monoisotopic (exact) mass is 387 g/mol. The van der Waals surface area contributed by atoms with Crippen LogP contribution in [0, 0.1) is 5.41 Å². The number of ketones is 1. The summed E-state index contributed by atoms with van der Waals surface area (Å²) in [7, 11) is -3.71. The number of Topliss-reactive ketones (excluding diaryl/α,β-unsaturated/α-hetero) is 1. The summed E-state index contributed by atoms with van der Waals surface area (Å²) in [6.07, 6.45) is -0.270. The maximum atomic E-state index is 12.9. The van der Waals surface area contributed by atoms with E-state index in [0.29, 0.717) is 5.56 Å². The maximum absolute atomic E-state index is 12.9. The van der Waals surface area contributed by atoms with Crippen LogP contribution in [0.2, 0.25) is 0 Å². The van der Waals surface area contributed by atoms with Crippen molar-refractivity contribution < 1.29 is 22.7 Å². The minimum Gasteiger partial charge on any atom is -0.368 e. The van der Waals surface area contributed by atoms with Crippen LogP contribution in [-0.2, 0) is 29.9 Å². The van der Waals surface area contributed by atoms with E-state index in [0.717, 1.165) is 0 Å². The van der Waals surface area contributed by atoms with Crippen LogP contribution in [0.4, 0.5) is 0 Å². The molecule has 1 N–H and O–H groups in total. The van der Waals surface area contributed by atoms with Crippen molar-refractivity contribution in [3.8, 4) is 0 Å². The minimum absolute atomic E-state index is 0.0578. The molecule has 0 aromatic carbocycles. The molecule has 0 saturated carbocycles. The number of rotatable bonds is 6. The molecule has 1 saturated heterocycles. The third-order valence-corrected chi connectivity index (χ3v) is 6.79. The van der Waals surface area contributed by atoms with Crippen molar-refractivity contribution in [2.45, 2.75) is 57.3 Å². The standard InChI is InChI=1S/C17H25NO5S2/c1-11-15(13(19)8-23-11)18-16(20)14(7-17(2,3)4)25(21,22)10-12-5-6-24-9-12/h5-6,9,11,14-15H,7-8,10H2,1-4H3,(H,18,20). The maximum Gasteiger partial charge on any atom is 0.239 e. The molecule has 6 nitrogen and oxygen atoms in total. The average Bonchev–Trinajstić information content (AvgIpc) is 3.08. The lowest BCUT2D eigenvalue weighted by atomic mass is 9.90. The van der Waals surface area contributed by atoms with Crippen LogP contribution >= 0.6 is 11.3 Å². The molecule has 2 rings (SSSR count). The normalized spacial score (nSPS) is 22.8.